The van der Waals surface area contributed by atoms with Gasteiger partial charge in [-0.1, -0.05) is 35.7 Å². The highest BCUT2D eigenvalue weighted by Gasteiger charge is 2.45. The molecule has 2 aliphatic rings. The molecule has 1 saturated heterocycles. The Kier molecular flexibility index (Phi) is 6.60. The van der Waals surface area contributed by atoms with Gasteiger partial charge in [-0.05, 0) is 49.9 Å². The third-order valence-corrected chi connectivity index (χ3v) is 6.00. The van der Waals surface area contributed by atoms with E-state index in [-0.39, 0.29) is 17.8 Å². The first-order chi connectivity index (χ1) is 10.5. The number of likely N-dealkylation sites (tertiary alicyclic amines) is 1. The van der Waals surface area contributed by atoms with Crippen LogP contribution in [0.1, 0.15) is 37.7 Å². The molecule has 1 aromatic carbocycles. The lowest BCUT2D eigenvalue weighted by Gasteiger charge is -2.48. The third-order valence-electron chi connectivity index (χ3n) is 5.26. The Labute approximate surface area is 153 Å². The van der Waals surface area contributed by atoms with E-state index in [0.29, 0.717) is 29.6 Å². The van der Waals surface area contributed by atoms with E-state index < -0.39 is 12.3 Å². The zero-order chi connectivity index (χ0) is 15.7. The minimum absolute atomic E-state index is 0. The number of β-amino-alcohol motifs (C(OH)–C–C–N with tert-alkyl or cyclic N) is 1. The van der Waals surface area contributed by atoms with Crippen molar-refractivity contribution in [3.05, 3.63) is 33.8 Å². The van der Waals surface area contributed by atoms with Crippen molar-refractivity contribution in [1.29, 1.82) is 0 Å². The van der Waals surface area contributed by atoms with Crippen LogP contribution in [0.2, 0.25) is 10.0 Å². The molecule has 1 aliphatic heterocycles. The second-order valence-corrected chi connectivity index (χ2v) is 7.47. The maximum atomic E-state index is 13.5. The van der Waals surface area contributed by atoms with E-state index in [0.717, 1.165) is 37.8 Å². The van der Waals surface area contributed by atoms with Gasteiger partial charge in [-0.15, -0.1) is 12.4 Å². The van der Waals surface area contributed by atoms with E-state index in [1.807, 2.05) is 12.1 Å². The van der Waals surface area contributed by atoms with Crippen LogP contribution < -0.4 is 0 Å². The minimum atomic E-state index is -0.761. The summed E-state index contributed by atoms with van der Waals surface area (Å²) in [5.41, 5.74) is 0.798. The predicted molar refractivity (Wildman–Crippen MR) is 95.8 cm³/mol. The van der Waals surface area contributed by atoms with Crippen molar-refractivity contribution in [3.8, 4) is 0 Å². The highest BCUT2D eigenvalue weighted by molar-refractivity contribution is 6.42. The summed E-state index contributed by atoms with van der Waals surface area (Å²) in [5, 5.41) is 11.9. The normalized spacial score (nSPS) is 25.3. The molecule has 2 unspecified atom stereocenters. The Morgan fingerprint density at radius 2 is 2.00 bits per heavy atom. The number of alkyl halides is 1. The first kappa shape index (κ1) is 19.3. The van der Waals surface area contributed by atoms with E-state index in [1.165, 1.54) is 0 Å². The highest BCUT2D eigenvalue weighted by Crippen LogP contribution is 2.47. The van der Waals surface area contributed by atoms with Crippen LogP contribution in [0.5, 0.6) is 0 Å². The topological polar surface area (TPSA) is 23.5 Å². The molecule has 0 amide bonds. The van der Waals surface area contributed by atoms with Crippen LogP contribution >= 0.6 is 35.6 Å². The summed E-state index contributed by atoms with van der Waals surface area (Å²) >= 11 is 12.1. The summed E-state index contributed by atoms with van der Waals surface area (Å²) in [7, 11) is 0. The monoisotopic (exact) mass is 381 g/mol. The second kappa shape index (κ2) is 7.88. The summed E-state index contributed by atoms with van der Waals surface area (Å²) in [6, 6.07) is 5.63. The number of aliphatic hydroxyl groups is 1. The summed E-state index contributed by atoms with van der Waals surface area (Å²) in [6.07, 6.45) is 3.24. The van der Waals surface area contributed by atoms with Crippen molar-refractivity contribution < 1.29 is 9.50 Å². The Morgan fingerprint density at radius 3 is 2.57 bits per heavy atom. The molecular weight excluding hydrogens is 360 g/mol. The number of halogens is 4. The molecule has 1 saturated carbocycles. The van der Waals surface area contributed by atoms with E-state index in [9.17, 15) is 9.50 Å². The maximum Gasteiger partial charge on any atom is 0.113 e. The van der Waals surface area contributed by atoms with Crippen LogP contribution in [0.15, 0.2) is 18.2 Å². The van der Waals surface area contributed by atoms with Crippen LogP contribution in [0.3, 0.4) is 0 Å². The molecule has 1 aromatic rings. The van der Waals surface area contributed by atoms with Crippen LogP contribution in [0, 0.1) is 0 Å². The molecule has 1 aliphatic carbocycles. The highest BCUT2D eigenvalue weighted by atomic mass is 35.5. The molecule has 23 heavy (non-hydrogen) atoms. The molecular formula is C17H23Cl3FNO. The number of aliphatic hydroxyl groups excluding tert-OH is 1. The van der Waals surface area contributed by atoms with Gasteiger partial charge in [0.25, 0.3) is 0 Å². The van der Waals surface area contributed by atoms with Crippen molar-refractivity contribution in [1.82, 2.24) is 4.90 Å². The second-order valence-electron chi connectivity index (χ2n) is 6.65. The third kappa shape index (κ3) is 3.96. The Hall–Kier alpha value is -0.0600. The summed E-state index contributed by atoms with van der Waals surface area (Å²) < 4.78 is 13.5. The standard InChI is InChI=1S/C17H22Cl2FNO.ClH/c18-14-5-4-12(9-15(14)19)17(6-2-7-17)16(22)11-21-8-1-3-13(20)10-21;/h4-5,9,13,16,22H,1-3,6-8,10-11H2;1H. The lowest BCUT2D eigenvalue weighted by atomic mass is 9.61. The lowest BCUT2D eigenvalue weighted by molar-refractivity contribution is -0.00839. The van der Waals surface area contributed by atoms with E-state index in [4.69, 9.17) is 23.2 Å². The fraction of sp³-hybridized carbons (Fsp3) is 0.647. The smallest absolute Gasteiger partial charge is 0.113 e. The fourth-order valence-corrected chi connectivity index (χ4v) is 4.06. The number of hydrogen-bond donors (Lipinski definition) is 1. The molecule has 0 bridgehead atoms. The van der Waals surface area contributed by atoms with Crippen molar-refractivity contribution in [2.45, 2.75) is 49.8 Å². The van der Waals surface area contributed by atoms with E-state index >= 15 is 0 Å². The van der Waals surface area contributed by atoms with Gasteiger partial charge in [-0.2, -0.15) is 0 Å². The molecule has 130 valence electrons. The van der Waals surface area contributed by atoms with Crippen LogP contribution in [-0.2, 0) is 5.41 Å². The summed E-state index contributed by atoms with van der Waals surface area (Å²) in [5.74, 6) is 0. The van der Waals surface area contributed by atoms with Gasteiger partial charge in [0.05, 0.1) is 16.1 Å². The van der Waals surface area contributed by atoms with Crippen molar-refractivity contribution >= 4 is 35.6 Å². The minimum Gasteiger partial charge on any atom is -0.391 e. The van der Waals surface area contributed by atoms with E-state index in [1.54, 1.807) is 6.07 Å². The molecule has 1 N–H and O–H groups in total. The lowest BCUT2D eigenvalue weighted by Crippen LogP contribution is -2.52. The molecule has 0 spiro atoms. The van der Waals surface area contributed by atoms with Crippen LogP contribution in [0.4, 0.5) is 4.39 Å². The van der Waals surface area contributed by atoms with Gasteiger partial charge in [0.1, 0.15) is 6.17 Å². The summed E-state index contributed by atoms with van der Waals surface area (Å²) in [4.78, 5) is 2.05. The van der Waals surface area contributed by atoms with Gasteiger partial charge < -0.3 is 5.11 Å². The maximum absolute atomic E-state index is 13.5. The zero-order valence-electron chi connectivity index (χ0n) is 13.0. The number of benzene rings is 1. The molecule has 3 rings (SSSR count). The van der Waals surface area contributed by atoms with E-state index in [2.05, 4.69) is 4.90 Å². The Morgan fingerprint density at radius 1 is 1.26 bits per heavy atom. The number of rotatable bonds is 4. The molecule has 2 nitrogen and oxygen atoms in total. The number of hydrogen-bond acceptors (Lipinski definition) is 2. The quantitative estimate of drug-likeness (QED) is 0.820. The van der Waals surface area contributed by atoms with Gasteiger partial charge in [-0.3, -0.25) is 4.90 Å². The molecule has 0 aromatic heterocycles. The van der Waals surface area contributed by atoms with Gasteiger partial charge in [0, 0.05) is 18.5 Å². The number of piperidine rings is 1. The largest absolute Gasteiger partial charge is 0.391 e. The van der Waals surface area contributed by atoms with Crippen molar-refractivity contribution in [2.24, 2.45) is 0 Å². The molecule has 2 fully saturated rings. The van der Waals surface area contributed by atoms with Gasteiger partial charge in [0.2, 0.25) is 0 Å². The fourth-order valence-electron chi connectivity index (χ4n) is 3.76. The van der Waals surface area contributed by atoms with Gasteiger partial charge in [-0.25, -0.2) is 4.39 Å². The molecule has 1 heterocycles. The first-order valence-corrected chi connectivity index (χ1v) is 8.77. The average Bonchev–Trinajstić information content (AvgIpc) is 2.41. The zero-order valence-corrected chi connectivity index (χ0v) is 15.3. The predicted octanol–water partition coefficient (Wildman–Crippen LogP) is 4.63. The van der Waals surface area contributed by atoms with Gasteiger partial charge in [0.15, 0.2) is 0 Å². The molecule has 0 radical (unpaired) electrons. The Balaban J connectivity index is 0.00000192. The molecule has 2 atom stereocenters. The first-order valence-electron chi connectivity index (χ1n) is 8.01. The van der Waals surface area contributed by atoms with Crippen molar-refractivity contribution in [3.63, 3.8) is 0 Å². The molecule has 6 heteroatoms. The van der Waals surface area contributed by atoms with Crippen LogP contribution in [0.25, 0.3) is 0 Å². The van der Waals surface area contributed by atoms with Gasteiger partial charge >= 0.3 is 0 Å². The van der Waals surface area contributed by atoms with Crippen LogP contribution in [-0.4, -0.2) is 41.9 Å². The number of nitrogens with zero attached hydrogens (tertiary/aromatic N) is 1. The SMILES string of the molecule is Cl.OC(CN1CCCC(F)C1)C1(c2ccc(Cl)c(Cl)c2)CCC1. The summed E-state index contributed by atoms with van der Waals surface area (Å²) in [6.45, 7) is 1.84. The van der Waals surface area contributed by atoms with Crippen molar-refractivity contribution in [2.75, 3.05) is 19.6 Å². The average molecular weight is 383 g/mol. The Bertz CT molecular complexity index is 539.